The van der Waals surface area contributed by atoms with Crippen LogP contribution in [0.15, 0.2) is 34.3 Å². The van der Waals surface area contributed by atoms with Crippen LogP contribution in [-0.2, 0) is 10.1 Å². The maximum Gasteiger partial charge on any atom is 0.294 e. The van der Waals surface area contributed by atoms with Gasteiger partial charge in [0.2, 0.25) is 5.96 Å². The molecule has 0 saturated heterocycles. The Labute approximate surface area is 112 Å². The highest BCUT2D eigenvalue weighted by Gasteiger charge is 2.06. The number of hydrogen-bond acceptors (Lipinski definition) is 5. The normalized spacial score (nSPS) is 11.5. The van der Waals surface area contributed by atoms with E-state index in [4.69, 9.17) is 16.1 Å². The van der Waals surface area contributed by atoms with E-state index in [-0.39, 0.29) is 10.9 Å². The van der Waals surface area contributed by atoms with Crippen molar-refractivity contribution in [1.82, 2.24) is 10.4 Å². The van der Waals surface area contributed by atoms with Gasteiger partial charge in [0.25, 0.3) is 10.1 Å². The van der Waals surface area contributed by atoms with E-state index in [1.165, 1.54) is 17.1 Å². The average Bonchev–Trinajstić information content (AvgIpc) is 2.37. The Hall–Kier alpha value is -1.84. The number of rotatable bonds is 2. The van der Waals surface area contributed by atoms with Gasteiger partial charge in [-0.3, -0.25) is 9.56 Å². The molecular weight excluding hydrogens is 270 g/mol. The SMILES string of the molecule is CNN(C)C(N)=NN.Cc1ccc(S(=O)(=O)O)cc1. The first-order valence-corrected chi connectivity index (χ1v) is 6.65. The molecule has 0 aliphatic carbocycles. The molecule has 6 N–H and O–H groups in total. The molecule has 0 radical (unpaired) electrons. The zero-order chi connectivity index (χ0) is 15.1. The summed E-state index contributed by atoms with van der Waals surface area (Å²) in [7, 11) is -0.585. The Bertz CT molecular complexity index is 512. The van der Waals surface area contributed by atoms with Crippen molar-refractivity contribution < 1.29 is 13.0 Å². The van der Waals surface area contributed by atoms with E-state index >= 15 is 0 Å². The maximum absolute atomic E-state index is 10.5. The second kappa shape index (κ2) is 7.56. The van der Waals surface area contributed by atoms with Gasteiger partial charge in [-0.15, -0.1) is 5.10 Å². The molecule has 0 heterocycles. The Morgan fingerprint density at radius 1 is 1.37 bits per heavy atom. The standard InChI is InChI=1S/C7H8O3S.C3H11N5/c1-6-2-4-7(5-3-6)11(8,9)10;1-6-8(2)3(4)7-5/h2-5H,1H3,(H,8,9,10);6H,5H2,1-2H3,(H2,4,7). The summed E-state index contributed by atoms with van der Waals surface area (Å²) in [6.07, 6.45) is 0. The van der Waals surface area contributed by atoms with Gasteiger partial charge in [0.05, 0.1) is 4.90 Å². The summed E-state index contributed by atoms with van der Waals surface area (Å²) in [5, 5.41) is 4.72. The molecule has 0 spiro atoms. The molecule has 108 valence electrons. The molecule has 1 aromatic carbocycles. The molecule has 0 aliphatic heterocycles. The van der Waals surface area contributed by atoms with Crippen molar-refractivity contribution in [2.75, 3.05) is 14.1 Å². The minimum absolute atomic E-state index is 0.0666. The minimum Gasteiger partial charge on any atom is -0.367 e. The summed E-state index contributed by atoms with van der Waals surface area (Å²) in [5.41, 5.74) is 8.88. The lowest BCUT2D eigenvalue weighted by Crippen LogP contribution is -2.42. The van der Waals surface area contributed by atoms with E-state index < -0.39 is 10.1 Å². The molecule has 0 bridgehead atoms. The minimum atomic E-state index is -4.02. The van der Waals surface area contributed by atoms with Gasteiger partial charge >= 0.3 is 0 Å². The number of nitrogens with two attached hydrogens (primary N) is 2. The predicted molar refractivity (Wildman–Crippen MR) is 73.6 cm³/mol. The lowest BCUT2D eigenvalue weighted by atomic mass is 10.2. The first kappa shape index (κ1) is 17.2. The van der Waals surface area contributed by atoms with E-state index in [1.54, 1.807) is 26.2 Å². The Balaban J connectivity index is 0.000000362. The van der Waals surface area contributed by atoms with E-state index in [0.29, 0.717) is 0 Å². The van der Waals surface area contributed by atoms with E-state index in [2.05, 4.69) is 10.5 Å². The van der Waals surface area contributed by atoms with Gasteiger partial charge in [0.1, 0.15) is 0 Å². The third kappa shape index (κ3) is 6.60. The number of nitrogens with one attached hydrogen (secondary N) is 1. The smallest absolute Gasteiger partial charge is 0.294 e. The van der Waals surface area contributed by atoms with Crippen LogP contribution in [0.1, 0.15) is 5.56 Å². The second-order valence-corrected chi connectivity index (χ2v) is 4.98. The summed E-state index contributed by atoms with van der Waals surface area (Å²) in [4.78, 5) is -0.0666. The zero-order valence-electron chi connectivity index (χ0n) is 11.0. The van der Waals surface area contributed by atoms with Crippen molar-refractivity contribution >= 4 is 16.1 Å². The van der Waals surface area contributed by atoms with Gasteiger partial charge in [-0.25, -0.2) is 5.43 Å². The van der Waals surface area contributed by atoms with Crippen molar-refractivity contribution in [2.24, 2.45) is 16.7 Å². The average molecular weight is 289 g/mol. The highest BCUT2D eigenvalue weighted by molar-refractivity contribution is 7.85. The monoisotopic (exact) mass is 289 g/mol. The fourth-order valence-corrected chi connectivity index (χ4v) is 1.39. The van der Waals surface area contributed by atoms with Gasteiger partial charge in [0, 0.05) is 14.1 Å². The topological polar surface area (TPSA) is 134 Å². The summed E-state index contributed by atoms with van der Waals surface area (Å²) >= 11 is 0. The van der Waals surface area contributed by atoms with Crippen LogP contribution in [0, 0.1) is 6.92 Å². The third-order valence-electron chi connectivity index (χ3n) is 2.13. The summed E-state index contributed by atoms with van der Waals surface area (Å²) in [6.45, 7) is 1.84. The van der Waals surface area contributed by atoms with Crippen LogP contribution in [0.4, 0.5) is 0 Å². The number of nitrogens with zero attached hydrogens (tertiary/aromatic N) is 2. The molecule has 0 atom stereocenters. The highest BCUT2D eigenvalue weighted by Crippen LogP contribution is 2.08. The molecule has 0 unspecified atom stereocenters. The van der Waals surface area contributed by atoms with Crippen molar-refractivity contribution in [3.8, 4) is 0 Å². The van der Waals surface area contributed by atoms with Crippen LogP contribution in [0.2, 0.25) is 0 Å². The molecule has 19 heavy (non-hydrogen) atoms. The zero-order valence-corrected chi connectivity index (χ0v) is 11.8. The van der Waals surface area contributed by atoms with Crippen molar-refractivity contribution in [2.45, 2.75) is 11.8 Å². The van der Waals surface area contributed by atoms with Crippen LogP contribution in [0.5, 0.6) is 0 Å². The highest BCUT2D eigenvalue weighted by atomic mass is 32.2. The first-order chi connectivity index (χ1) is 8.72. The van der Waals surface area contributed by atoms with Crippen LogP contribution in [0.25, 0.3) is 0 Å². The molecule has 0 aromatic heterocycles. The molecule has 0 amide bonds. The van der Waals surface area contributed by atoms with Gasteiger partial charge in [-0.1, -0.05) is 17.7 Å². The quantitative estimate of drug-likeness (QED) is 0.189. The Morgan fingerprint density at radius 3 is 2.11 bits per heavy atom. The van der Waals surface area contributed by atoms with Crippen molar-refractivity contribution in [3.05, 3.63) is 29.8 Å². The first-order valence-electron chi connectivity index (χ1n) is 5.21. The van der Waals surface area contributed by atoms with Crippen molar-refractivity contribution in [3.63, 3.8) is 0 Å². The number of hydrogen-bond donors (Lipinski definition) is 4. The molecular formula is C10H19N5O3S. The molecule has 0 fully saturated rings. The van der Waals surface area contributed by atoms with Crippen molar-refractivity contribution in [1.29, 1.82) is 0 Å². The fourth-order valence-electron chi connectivity index (χ4n) is 0.911. The lowest BCUT2D eigenvalue weighted by Gasteiger charge is -2.13. The molecule has 1 aromatic rings. The van der Waals surface area contributed by atoms with Crippen LogP contribution < -0.4 is 17.0 Å². The molecule has 0 saturated carbocycles. The van der Waals surface area contributed by atoms with E-state index in [0.717, 1.165) is 5.56 Å². The third-order valence-corrected chi connectivity index (χ3v) is 3.00. The van der Waals surface area contributed by atoms with Crippen LogP contribution in [-0.4, -0.2) is 38.0 Å². The number of aryl methyl sites for hydroxylation is 1. The molecule has 9 heteroatoms. The van der Waals surface area contributed by atoms with Gasteiger partial charge in [-0.05, 0) is 19.1 Å². The maximum atomic E-state index is 10.5. The lowest BCUT2D eigenvalue weighted by molar-refractivity contribution is 0.403. The number of benzene rings is 1. The number of hydrazone groups is 1. The van der Waals surface area contributed by atoms with Crippen LogP contribution in [0.3, 0.4) is 0 Å². The van der Waals surface area contributed by atoms with Gasteiger partial charge in [0.15, 0.2) is 0 Å². The summed E-state index contributed by atoms with van der Waals surface area (Å²) in [6, 6.07) is 5.99. The Kier molecular flexibility index (Phi) is 6.83. The Morgan fingerprint density at radius 2 is 1.84 bits per heavy atom. The molecule has 0 aliphatic rings. The number of guanidine groups is 1. The van der Waals surface area contributed by atoms with Gasteiger partial charge < -0.3 is 11.6 Å². The van der Waals surface area contributed by atoms with E-state index in [9.17, 15) is 8.42 Å². The summed E-state index contributed by atoms with van der Waals surface area (Å²) < 4.78 is 29.6. The van der Waals surface area contributed by atoms with E-state index in [1.807, 2.05) is 6.92 Å². The fraction of sp³-hybridized carbons (Fsp3) is 0.300. The number of hydrazine groups is 1. The largest absolute Gasteiger partial charge is 0.367 e. The summed E-state index contributed by atoms with van der Waals surface area (Å²) in [5.74, 6) is 5.09. The molecule has 1 rings (SSSR count). The second-order valence-electron chi connectivity index (χ2n) is 3.56. The van der Waals surface area contributed by atoms with Crippen LogP contribution >= 0.6 is 0 Å². The van der Waals surface area contributed by atoms with Gasteiger partial charge in [-0.2, -0.15) is 8.42 Å². The molecule has 8 nitrogen and oxygen atoms in total. The predicted octanol–water partition coefficient (Wildman–Crippen LogP) is -0.517.